The smallest absolute Gasteiger partial charge is 0.183 e. The average Bonchev–Trinajstić information content (AvgIpc) is 2.72. The molecule has 0 radical (unpaired) electrons. The molecular formula is C25H20N2+2. The van der Waals surface area contributed by atoms with Crippen LogP contribution in [0.1, 0.15) is 31.2 Å². The summed E-state index contributed by atoms with van der Waals surface area (Å²) in [6, 6.07) is 20.3. The van der Waals surface area contributed by atoms with Crippen molar-refractivity contribution in [2.24, 2.45) is 0 Å². The lowest BCUT2D eigenvalue weighted by Gasteiger charge is -2.02. The van der Waals surface area contributed by atoms with Crippen LogP contribution in [0.5, 0.6) is 0 Å². The summed E-state index contributed by atoms with van der Waals surface area (Å²) in [6.45, 7) is 3.37. The van der Waals surface area contributed by atoms with Crippen molar-refractivity contribution in [2.45, 2.75) is 32.9 Å². The van der Waals surface area contributed by atoms with Crippen LogP contribution in [0, 0.1) is 48.2 Å². The molecule has 0 saturated heterocycles. The number of hydrogen-bond donors (Lipinski definition) is 0. The third-order valence-corrected chi connectivity index (χ3v) is 4.21. The van der Waals surface area contributed by atoms with E-state index in [-0.39, 0.29) is 0 Å². The van der Waals surface area contributed by atoms with Crippen LogP contribution in [-0.4, -0.2) is 0 Å². The van der Waals surface area contributed by atoms with Crippen LogP contribution in [0.25, 0.3) is 10.9 Å². The van der Waals surface area contributed by atoms with E-state index in [1.807, 2.05) is 31.3 Å². The van der Waals surface area contributed by atoms with Gasteiger partial charge < -0.3 is 0 Å². The lowest BCUT2D eigenvalue weighted by molar-refractivity contribution is -0.698. The van der Waals surface area contributed by atoms with Crippen LogP contribution in [0.4, 0.5) is 0 Å². The molecular weight excluding hydrogens is 328 g/mol. The summed E-state index contributed by atoms with van der Waals surface area (Å²) in [4.78, 5) is 0. The Labute approximate surface area is 161 Å². The molecule has 1 aromatic carbocycles. The van der Waals surface area contributed by atoms with E-state index >= 15 is 0 Å². The van der Waals surface area contributed by atoms with Crippen molar-refractivity contribution < 1.29 is 9.13 Å². The van der Waals surface area contributed by atoms with Crippen LogP contribution >= 0.6 is 0 Å². The minimum atomic E-state index is 0.664. The number of hydrogen-bond acceptors (Lipinski definition) is 0. The van der Waals surface area contributed by atoms with Gasteiger partial charge in [0.05, 0.1) is 18.9 Å². The number of aromatic nitrogens is 2. The van der Waals surface area contributed by atoms with Gasteiger partial charge in [0, 0.05) is 29.4 Å². The van der Waals surface area contributed by atoms with Crippen molar-refractivity contribution in [3.05, 3.63) is 72.2 Å². The van der Waals surface area contributed by atoms with Crippen molar-refractivity contribution >= 4 is 10.9 Å². The Morgan fingerprint density at radius 2 is 1.81 bits per heavy atom. The monoisotopic (exact) mass is 348 g/mol. The molecule has 3 rings (SSSR count). The third kappa shape index (κ3) is 4.47. The molecule has 0 aliphatic carbocycles. The molecule has 3 aromatic rings. The minimum Gasteiger partial charge on any atom is -0.183 e. The summed E-state index contributed by atoms with van der Waals surface area (Å²) in [7, 11) is 0. The van der Waals surface area contributed by atoms with Crippen LogP contribution in [0.2, 0.25) is 0 Å². The Morgan fingerprint density at radius 3 is 2.67 bits per heavy atom. The first-order valence-corrected chi connectivity index (χ1v) is 8.91. The highest BCUT2D eigenvalue weighted by atomic mass is 15.0. The van der Waals surface area contributed by atoms with Crippen molar-refractivity contribution in [3.8, 4) is 36.0 Å². The molecule has 0 bridgehead atoms. The topological polar surface area (TPSA) is 7.76 Å². The van der Waals surface area contributed by atoms with Crippen molar-refractivity contribution in [2.75, 3.05) is 0 Å². The number of terminal acetylenes is 1. The van der Waals surface area contributed by atoms with E-state index in [1.54, 1.807) is 0 Å². The lowest BCUT2D eigenvalue weighted by Crippen LogP contribution is -2.38. The first-order valence-electron chi connectivity index (χ1n) is 8.91. The molecule has 0 unspecified atom stereocenters. The van der Waals surface area contributed by atoms with Crippen LogP contribution in [-0.2, 0) is 13.1 Å². The number of benzene rings is 1. The molecule has 128 valence electrons. The van der Waals surface area contributed by atoms with Gasteiger partial charge in [-0.2, -0.15) is 9.13 Å². The van der Waals surface area contributed by atoms with Crippen molar-refractivity contribution in [1.29, 1.82) is 0 Å². The van der Waals surface area contributed by atoms with Gasteiger partial charge in [0.2, 0.25) is 11.7 Å². The second kappa shape index (κ2) is 9.11. The van der Waals surface area contributed by atoms with Gasteiger partial charge in [0.15, 0.2) is 13.1 Å². The van der Waals surface area contributed by atoms with E-state index in [0.717, 1.165) is 36.4 Å². The molecule has 2 nitrogen and oxygen atoms in total. The number of nitrogens with zero attached hydrogens (tertiary/aromatic N) is 2. The molecule has 0 atom stereocenters. The summed E-state index contributed by atoms with van der Waals surface area (Å²) in [5.41, 5.74) is 2.97. The molecule has 0 spiro atoms. The Morgan fingerprint density at radius 1 is 0.963 bits per heavy atom. The summed E-state index contributed by atoms with van der Waals surface area (Å²) in [6.07, 6.45) is 8.81. The highest BCUT2D eigenvalue weighted by Gasteiger charge is 2.14. The van der Waals surface area contributed by atoms with Gasteiger partial charge >= 0.3 is 0 Å². The molecule has 0 aliphatic rings. The normalized spacial score (nSPS) is 9.33. The van der Waals surface area contributed by atoms with E-state index in [2.05, 4.69) is 75.1 Å². The molecule has 27 heavy (non-hydrogen) atoms. The van der Waals surface area contributed by atoms with Gasteiger partial charge in [-0.05, 0) is 25.1 Å². The maximum Gasteiger partial charge on any atom is 0.266 e. The Kier molecular flexibility index (Phi) is 6.10. The number of aryl methyl sites for hydroxylation is 2. The molecule has 0 N–H and O–H groups in total. The standard InChI is InChI=1S/C25H20N2/c1-3-5-10-19-26-20-11-9-13-23(26)17-18-24-16-15-22-12-7-8-14-25(22)27(24)21-6-4-2/h2,7-8,12-16,20H,6,10,19,21H2,1H3/q+2. The summed E-state index contributed by atoms with van der Waals surface area (Å²) < 4.78 is 4.24. The Hall–Kier alpha value is -3.72. The molecule has 2 heteroatoms. The number of rotatable bonds is 4. The van der Waals surface area contributed by atoms with Gasteiger partial charge in [0.25, 0.3) is 11.4 Å². The average molecular weight is 348 g/mol. The fourth-order valence-electron chi connectivity index (χ4n) is 2.89. The van der Waals surface area contributed by atoms with E-state index < -0.39 is 0 Å². The van der Waals surface area contributed by atoms with Crippen LogP contribution < -0.4 is 9.13 Å². The predicted molar refractivity (Wildman–Crippen MR) is 106 cm³/mol. The van der Waals surface area contributed by atoms with Gasteiger partial charge in [-0.1, -0.05) is 24.1 Å². The summed E-state index contributed by atoms with van der Waals surface area (Å²) in [5, 5.41) is 1.18. The maximum absolute atomic E-state index is 5.49. The lowest BCUT2D eigenvalue weighted by atomic mass is 10.1. The highest BCUT2D eigenvalue weighted by molar-refractivity contribution is 5.75. The first-order chi connectivity index (χ1) is 13.3. The zero-order valence-corrected chi connectivity index (χ0v) is 15.4. The van der Waals surface area contributed by atoms with Gasteiger partial charge in [-0.25, -0.2) is 0 Å². The Balaban J connectivity index is 2.01. The predicted octanol–water partition coefficient (Wildman–Crippen LogP) is 2.85. The largest absolute Gasteiger partial charge is 0.266 e. The molecule has 2 heterocycles. The molecule has 0 saturated carbocycles. The van der Waals surface area contributed by atoms with E-state index in [0.29, 0.717) is 6.42 Å². The number of fused-ring (bicyclic) bond motifs is 1. The molecule has 0 amide bonds. The molecule has 0 aliphatic heterocycles. The SMILES string of the molecule is C#CCC[n+]1c(C#Cc2cc#cc[n+]2CCC#CC)ccc2ccccc21. The number of pyridine rings is 1. The van der Waals surface area contributed by atoms with Crippen LogP contribution in [0.15, 0.2) is 48.7 Å². The second-order valence-electron chi connectivity index (χ2n) is 5.95. The highest BCUT2D eigenvalue weighted by Crippen LogP contribution is 2.10. The van der Waals surface area contributed by atoms with E-state index in [9.17, 15) is 0 Å². The van der Waals surface area contributed by atoms with Crippen LogP contribution in [0.3, 0.4) is 0 Å². The molecule has 0 fully saturated rings. The zero-order valence-electron chi connectivity index (χ0n) is 15.4. The third-order valence-electron chi connectivity index (χ3n) is 4.21. The van der Waals surface area contributed by atoms with Crippen molar-refractivity contribution in [3.63, 3.8) is 0 Å². The van der Waals surface area contributed by atoms with Gasteiger partial charge in [0.1, 0.15) is 0 Å². The minimum absolute atomic E-state index is 0.664. The quantitative estimate of drug-likeness (QED) is 0.506. The second-order valence-corrected chi connectivity index (χ2v) is 5.95. The summed E-state index contributed by atoms with van der Waals surface area (Å²) in [5.74, 6) is 15.3. The maximum atomic E-state index is 5.49. The van der Waals surface area contributed by atoms with E-state index in [4.69, 9.17) is 6.42 Å². The molecule has 2 aromatic heterocycles. The fourth-order valence-corrected chi connectivity index (χ4v) is 2.89. The zero-order chi connectivity index (χ0) is 18.9. The van der Waals surface area contributed by atoms with Crippen molar-refractivity contribution in [1.82, 2.24) is 0 Å². The summed E-state index contributed by atoms with van der Waals surface area (Å²) >= 11 is 0. The van der Waals surface area contributed by atoms with Gasteiger partial charge in [-0.15, -0.1) is 18.3 Å². The Bertz CT molecular complexity index is 1110. The first kappa shape index (κ1) is 18.1. The fraction of sp³-hybridized carbons (Fsp3) is 0.200. The number of para-hydroxylation sites is 1. The van der Waals surface area contributed by atoms with Gasteiger partial charge in [-0.3, -0.25) is 0 Å². The van der Waals surface area contributed by atoms with E-state index in [1.165, 1.54) is 5.39 Å².